The summed E-state index contributed by atoms with van der Waals surface area (Å²) in [7, 11) is 0. The van der Waals surface area contributed by atoms with Crippen LogP contribution in [0.3, 0.4) is 0 Å². The first-order chi connectivity index (χ1) is 8.38. The van der Waals surface area contributed by atoms with Gasteiger partial charge in [-0.2, -0.15) is 0 Å². The number of benzene rings is 1. The van der Waals surface area contributed by atoms with Crippen LogP contribution < -0.4 is 0 Å². The fourth-order valence-electron chi connectivity index (χ4n) is 1.29. The van der Waals surface area contributed by atoms with Crippen molar-refractivity contribution in [1.82, 2.24) is 0 Å². The molecule has 98 valence electrons. The van der Waals surface area contributed by atoms with Crippen LogP contribution in [0.5, 0.6) is 0 Å². The van der Waals surface area contributed by atoms with Gasteiger partial charge in [0.2, 0.25) is 0 Å². The van der Waals surface area contributed by atoms with Gasteiger partial charge in [0.25, 0.3) is 0 Å². The van der Waals surface area contributed by atoms with Crippen molar-refractivity contribution in [3.63, 3.8) is 0 Å². The number of rotatable bonds is 3. The van der Waals surface area contributed by atoms with Gasteiger partial charge in [-0.25, -0.2) is 13.6 Å². The molecule has 0 aliphatic carbocycles. The van der Waals surface area contributed by atoms with E-state index in [0.29, 0.717) is 12.5 Å². The topological polar surface area (TPSA) is 43.4 Å². The number of esters is 2. The Morgan fingerprint density at radius 3 is 2.56 bits per heavy atom. The first-order valence-electron chi connectivity index (χ1n) is 5.27. The van der Waals surface area contributed by atoms with Crippen LogP contribution in [-0.2, 0) is 9.53 Å². The SMILES string of the molecule is CCCC(=O)OC(=O)c1cc(F)c(F)c(C)c1Cl. The molecule has 0 saturated heterocycles. The largest absolute Gasteiger partial charge is 0.389 e. The van der Waals surface area contributed by atoms with Gasteiger partial charge in [-0.1, -0.05) is 18.5 Å². The third-order valence-electron chi connectivity index (χ3n) is 2.26. The standard InChI is InChI=1S/C12H11ClF2O3/c1-3-4-9(16)18-12(17)7-5-8(14)11(15)6(2)10(7)13/h5H,3-4H2,1-2H3. The number of hydrogen-bond donors (Lipinski definition) is 0. The zero-order valence-electron chi connectivity index (χ0n) is 9.85. The lowest BCUT2D eigenvalue weighted by Crippen LogP contribution is -2.13. The van der Waals surface area contributed by atoms with Crippen molar-refractivity contribution in [2.45, 2.75) is 26.7 Å². The third-order valence-corrected chi connectivity index (χ3v) is 2.74. The Kier molecular flexibility index (Phi) is 4.78. The van der Waals surface area contributed by atoms with Gasteiger partial charge < -0.3 is 4.74 Å². The second-order valence-electron chi connectivity index (χ2n) is 3.67. The lowest BCUT2D eigenvalue weighted by atomic mass is 10.1. The predicted octanol–water partition coefficient (Wildman–Crippen LogP) is 3.41. The first-order valence-corrected chi connectivity index (χ1v) is 5.65. The first kappa shape index (κ1) is 14.6. The van der Waals surface area contributed by atoms with Gasteiger partial charge >= 0.3 is 11.9 Å². The Bertz CT molecular complexity index is 501. The van der Waals surface area contributed by atoms with Crippen LogP contribution in [0.4, 0.5) is 8.78 Å². The van der Waals surface area contributed by atoms with Crippen molar-refractivity contribution >= 4 is 23.5 Å². The van der Waals surface area contributed by atoms with E-state index in [-0.39, 0.29) is 22.6 Å². The fourth-order valence-corrected chi connectivity index (χ4v) is 1.51. The maximum Gasteiger partial charge on any atom is 0.347 e. The molecule has 0 heterocycles. The Morgan fingerprint density at radius 2 is 2.00 bits per heavy atom. The smallest absolute Gasteiger partial charge is 0.347 e. The van der Waals surface area contributed by atoms with Crippen LogP contribution in [0.2, 0.25) is 5.02 Å². The third kappa shape index (κ3) is 3.04. The molecule has 1 rings (SSSR count). The maximum atomic E-state index is 13.1. The summed E-state index contributed by atoms with van der Waals surface area (Å²) >= 11 is 5.71. The van der Waals surface area contributed by atoms with Crippen LogP contribution in [0.25, 0.3) is 0 Å². The lowest BCUT2D eigenvalue weighted by Gasteiger charge is -2.07. The molecule has 0 amide bonds. The van der Waals surface area contributed by atoms with Crippen molar-refractivity contribution in [3.8, 4) is 0 Å². The minimum Gasteiger partial charge on any atom is -0.389 e. The lowest BCUT2D eigenvalue weighted by molar-refractivity contribution is -0.137. The summed E-state index contributed by atoms with van der Waals surface area (Å²) < 4.78 is 30.7. The summed E-state index contributed by atoms with van der Waals surface area (Å²) in [6.45, 7) is 2.96. The molecule has 0 unspecified atom stereocenters. The van der Waals surface area contributed by atoms with Gasteiger partial charge in [0.1, 0.15) is 0 Å². The monoisotopic (exact) mass is 276 g/mol. The molecule has 0 atom stereocenters. The molecule has 18 heavy (non-hydrogen) atoms. The predicted molar refractivity (Wildman–Crippen MR) is 61.4 cm³/mol. The van der Waals surface area contributed by atoms with Gasteiger partial charge in [-0.15, -0.1) is 0 Å². The average Bonchev–Trinajstić information content (AvgIpc) is 2.31. The Labute approximate surface area is 108 Å². The molecule has 0 saturated carbocycles. The summed E-state index contributed by atoms with van der Waals surface area (Å²) in [6, 6.07) is 0.617. The highest BCUT2D eigenvalue weighted by Gasteiger charge is 2.21. The summed E-state index contributed by atoms with van der Waals surface area (Å²) in [5, 5.41) is -0.261. The van der Waals surface area contributed by atoms with E-state index < -0.39 is 23.6 Å². The summed E-state index contributed by atoms with van der Waals surface area (Å²) in [5.41, 5.74) is -0.566. The normalized spacial score (nSPS) is 10.3. The van der Waals surface area contributed by atoms with Crippen molar-refractivity contribution in [1.29, 1.82) is 0 Å². The number of halogens is 3. The van der Waals surface area contributed by atoms with Gasteiger partial charge in [-0.3, -0.25) is 4.79 Å². The van der Waals surface area contributed by atoms with Gasteiger partial charge in [0.05, 0.1) is 10.6 Å². The molecule has 3 nitrogen and oxygen atoms in total. The highest BCUT2D eigenvalue weighted by atomic mass is 35.5. The molecule has 1 aromatic rings. The zero-order chi connectivity index (χ0) is 13.9. The molecule has 0 bridgehead atoms. The summed E-state index contributed by atoms with van der Waals surface area (Å²) in [5.74, 6) is -4.16. The highest BCUT2D eigenvalue weighted by molar-refractivity contribution is 6.34. The Hall–Kier alpha value is -1.49. The molecule has 0 radical (unpaired) electrons. The Morgan fingerprint density at radius 1 is 1.39 bits per heavy atom. The summed E-state index contributed by atoms with van der Waals surface area (Å²) in [6.07, 6.45) is 0.572. The maximum absolute atomic E-state index is 13.1. The van der Waals surface area contributed by atoms with Gasteiger partial charge in [-0.05, 0) is 19.4 Å². The van der Waals surface area contributed by atoms with Crippen molar-refractivity contribution < 1.29 is 23.1 Å². The molecule has 0 aliphatic rings. The molecule has 0 fully saturated rings. The van der Waals surface area contributed by atoms with Crippen molar-refractivity contribution in [2.24, 2.45) is 0 Å². The van der Waals surface area contributed by atoms with Crippen LogP contribution in [0.15, 0.2) is 6.07 Å². The number of carbonyl (C=O) groups excluding carboxylic acids is 2. The average molecular weight is 277 g/mol. The van der Waals surface area contributed by atoms with E-state index in [2.05, 4.69) is 4.74 Å². The van der Waals surface area contributed by atoms with E-state index in [0.717, 1.165) is 0 Å². The number of carbonyl (C=O) groups is 2. The molecule has 0 aromatic heterocycles. The molecular formula is C12H11ClF2O3. The van der Waals surface area contributed by atoms with E-state index in [1.54, 1.807) is 6.92 Å². The van der Waals surface area contributed by atoms with Crippen LogP contribution in [0, 0.1) is 18.6 Å². The molecule has 0 N–H and O–H groups in total. The fraction of sp³-hybridized carbons (Fsp3) is 0.333. The zero-order valence-corrected chi connectivity index (χ0v) is 10.6. The van der Waals surface area contributed by atoms with E-state index in [9.17, 15) is 18.4 Å². The molecular weight excluding hydrogens is 266 g/mol. The van der Waals surface area contributed by atoms with Crippen molar-refractivity contribution in [3.05, 3.63) is 33.9 Å². The molecule has 6 heteroatoms. The minimum absolute atomic E-state index is 0.0615. The van der Waals surface area contributed by atoms with E-state index in [1.807, 2.05) is 0 Å². The van der Waals surface area contributed by atoms with E-state index >= 15 is 0 Å². The van der Waals surface area contributed by atoms with Gasteiger partial charge in [0.15, 0.2) is 11.6 Å². The summed E-state index contributed by atoms with van der Waals surface area (Å²) in [4.78, 5) is 22.7. The molecule has 0 aliphatic heterocycles. The van der Waals surface area contributed by atoms with Gasteiger partial charge in [0, 0.05) is 12.0 Å². The quantitative estimate of drug-likeness (QED) is 0.483. The number of ether oxygens (including phenoxy) is 1. The van der Waals surface area contributed by atoms with Crippen LogP contribution in [0.1, 0.15) is 35.7 Å². The van der Waals surface area contributed by atoms with Crippen LogP contribution in [-0.4, -0.2) is 11.9 Å². The second-order valence-corrected chi connectivity index (χ2v) is 4.05. The highest BCUT2D eigenvalue weighted by Crippen LogP contribution is 2.26. The molecule has 1 aromatic carbocycles. The van der Waals surface area contributed by atoms with E-state index in [4.69, 9.17) is 11.6 Å². The Balaban J connectivity index is 3.04. The number of hydrogen-bond acceptors (Lipinski definition) is 3. The van der Waals surface area contributed by atoms with Crippen LogP contribution >= 0.6 is 11.6 Å². The molecule has 0 spiro atoms. The second kappa shape index (κ2) is 5.91. The minimum atomic E-state index is -1.22. The van der Waals surface area contributed by atoms with Crippen molar-refractivity contribution in [2.75, 3.05) is 0 Å². The van der Waals surface area contributed by atoms with E-state index in [1.165, 1.54) is 6.92 Å².